The van der Waals surface area contributed by atoms with E-state index in [-0.39, 0.29) is 11.1 Å². The Labute approximate surface area is 238 Å². The number of thioether (sulfide) groups is 1. The summed E-state index contributed by atoms with van der Waals surface area (Å²) in [5, 5.41) is 5.57. The van der Waals surface area contributed by atoms with Crippen LogP contribution in [0.2, 0.25) is 0 Å². The molecule has 0 saturated carbocycles. The second kappa shape index (κ2) is 11.3. The summed E-state index contributed by atoms with van der Waals surface area (Å²) in [5.41, 5.74) is 3.84. The van der Waals surface area contributed by atoms with Gasteiger partial charge in [0.2, 0.25) is 5.91 Å². The molecule has 0 spiro atoms. The molecule has 1 aliphatic rings. The normalized spacial score (nSPS) is 17.8. The molecule has 2 amide bonds. The van der Waals surface area contributed by atoms with E-state index in [0.717, 1.165) is 51.4 Å². The maximum absolute atomic E-state index is 12.1. The minimum absolute atomic E-state index is 0.250. The van der Waals surface area contributed by atoms with E-state index in [0.29, 0.717) is 30.7 Å². The van der Waals surface area contributed by atoms with Gasteiger partial charge in [0.05, 0.1) is 11.0 Å². The summed E-state index contributed by atoms with van der Waals surface area (Å²) in [6.45, 7) is 8.66. The first-order valence-corrected chi connectivity index (χ1v) is 14.2. The van der Waals surface area contributed by atoms with E-state index in [4.69, 9.17) is 14.5 Å². The number of fused-ring (bicyclic) bond motifs is 1. The molecule has 2 N–H and O–H groups in total. The third kappa shape index (κ3) is 6.09. The predicted molar refractivity (Wildman–Crippen MR) is 159 cm³/mol. The predicted octanol–water partition coefficient (Wildman–Crippen LogP) is 6.69. The Morgan fingerprint density at radius 3 is 2.30 bits per heavy atom. The third-order valence-corrected chi connectivity index (χ3v) is 8.34. The Balaban J connectivity index is 1.21. The summed E-state index contributed by atoms with van der Waals surface area (Å²) in [7, 11) is 1.96. The zero-order valence-electron chi connectivity index (χ0n) is 23.4. The van der Waals surface area contributed by atoms with Gasteiger partial charge in [-0.3, -0.25) is 14.9 Å². The van der Waals surface area contributed by atoms with Crippen LogP contribution in [-0.2, 0) is 24.9 Å². The fraction of sp³-hybridized carbons (Fsp3) is 0.323. The van der Waals surface area contributed by atoms with Gasteiger partial charge in [-0.2, -0.15) is 0 Å². The largest absolute Gasteiger partial charge is 0.486 e. The van der Waals surface area contributed by atoms with Crippen LogP contribution >= 0.6 is 11.8 Å². The van der Waals surface area contributed by atoms with Gasteiger partial charge in [-0.15, -0.1) is 0 Å². The van der Waals surface area contributed by atoms with Crippen LogP contribution in [-0.4, -0.2) is 31.5 Å². The first kappa shape index (κ1) is 27.6. The van der Waals surface area contributed by atoms with Gasteiger partial charge in [0.15, 0.2) is 0 Å². The summed E-state index contributed by atoms with van der Waals surface area (Å²) >= 11 is 1.04. The Bertz CT molecular complexity index is 1530. The first-order chi connectivity index (χ1) is 19.1. The zero-order chi connectivity index (χ0) is 28.4. The highest BCUT2D eigenvalue weighted by molar-refractivity contribution is 8.16. The molecule has 5 rings (SSSR count). The van der Waals surface area contributed by atoms with Crippen LogP contribution in [0.25, 0.3) is 11.0 Å². The van der Waals surface area contributed by atoms with Crippen molar-refractivity contribution in [1.29, 1.82) is 0 Å². The molecule has 1 unspecified atom stereocenters. The van der Waals surface area contributed by atoms with Crippen LogP contribution in [0.5, 0.6) is 17.2 Å². The highest BCUT2D eigenvalue weighted by atomic mass is 32.2. The maximum atomic E-state index is 12.1. The van der Waals surface area contributed by atoms with Crippen LogP contribution in [0.3, 0.4) is 0 Å². The molecule has 3 aromatic carbocycles. The Hall–Kier alpha value is -3.98. The Morgan fingerprint density at radius 2 is 1.65 bits per heavy atom. The minimum Gasteiger partial charge on any atom is -0.486 e. The van der Waals surface area contributed by atoms with Crippen molar-refractivity contribution in [1.82, 2.24) is 14.9 Å². The van der Waals surface area contributed by atoms with Crippen LogP contribution in [0.15, 0.2) is 66.7 Å². The lowest BCUT2D eigenvalue weighted by Gasteiger charge is -2.19. The first-order valence-electron chi connectivity index (χ1n) is 13.4. The molecule has 1 saturated heterocycles. The second-order valence-electron chi connectivity index (χ2n) is 10.7. The molecular formula is C31H34N4O4S. The molecule has 0 aliphatic carbocycles. The number of hydrogen-bond acceptors (Lipinski definition) is 7. The number of imide groups is 1. The maximum Gasteiger partial charge on any atom is 0.286 e. The molecule has 2 atom stereocenters. The summed E-state index contributed by atoms with van der Waals surface area (Å²) < 4.78 is 13.3. The number of carbonyl (C=O) groups is 2. The molecule has 208 valence electrons. The molecular weight excluding hydrogens is 524 g/mol. The number of hydrogen-bond donors (Lipinski definition) is 2. The van der Waals surface area contributed by atoms with Crippen molar-refractivity contribution in [2.45, 2.75) is 51.5 Å². The molecule has 1 aliphatic heterocycles. The average Bonchev–Trinajstić information content (AvgIpc) is 3.37. The van der Waals surface area contributed by atoms with Crippen molar-refractivity contribution in [3.63, 3.8) is 0 Å². The lowest BCUT2D eigenvalue weighted by Crippen LogP contribution is -2.35. The Kier molecular flexibility index (Phi) is 7.76. The lowest BCUT2D eigenvalue weighted by atomic mass is 9.99. The molecule has 8 nitrogen and oxygen atoms in total. The number of nitrogens with zero attached hydrogens (tertiary/aromatic N) is 2. The standard InChI is InChI=1S/C31H34N4O4S/c1-19(2)20(3)32-22-8-12-24(13-9-22)39-25-14-15-26-27(16-25)35(5)28(33-26)18-38-23-10-6-21(7-11-23)17-31(4)29(36)34-30(37)40-31/h6-16,19-20,32H,17-18H2,1-5H3,(H,34,36,37)/t20?,31-/m0/s1. The minimum atomic E-state index is -0.790. The molecule has 1 fully saturated rings. The number of aromatic nitrogens is 2. The van der Waals surface area contributed by atoms with Crippen LogP contribution < -0.4 is 20.1 Å². The number of imidazole rings is 1. The van der Waals surface area contributed by atoms with E-state index in [1.807, 2.05) is 78.3 Å². The molecule has 40 heavy (non-hydrogen) atoms. The van der Waals surface area contributed by atoms with Crippen molar-refractivity contribution in [2.75, 3.05) is 5.32 Å². The molecule has 1 aromatic heterocycles. The van der Waals surface area contributed by atoms with E-state index in [1.54, 1.807) is 6.92 Å². The molecule has 4 aromatic rings. The second-order valence-corrected chi connectivity index (χ2v) is 12.2. The number of rotatable bonds is 10. The van der Waals surface area contributed by atoms with Crippen LogP contribution in [0.4, 0.5) is 10.5 Å². The quantitative estimate of drug-likeness (QED) is 0.224. The fourth-order valence-corrected chi connectivity index (χ4v) is 5.39. The van der Waals surface area contributed by atoms with Gasteiger partial charge in [0.25, 0.3) is 5.24 Å². The smallest absolute Gasteiger partial charge is 0.286 e. The number of carbonyl (C=O) groups excluding carboxylic acids is 2. The molecule has 2 heterocycles. The number of ether oxygens (including phenoxy) is 2. The number of anilines is 1. The summed E-state index contributed by atoms with van der Waals surface area (Å²) in [6.07, 6.45) is 0.461. The third-order valence-electron chi connectivity index (χ3n) is 7.28. The molecule has 9 heteroatoms. The van der Waals surface area contributed by atoms with Crippen LogP contribution in [0.1, 0.15) is 39.1 Å². The van der Waals surface area contributed by atoms with E-state index < -0.39 is 4.75 Å². The average molecular weight is 559 g/mol. The van der Waals surface area contributed by atoms with Gasteiger partial charge in [0.1, 0.15) is 34.4 Å². The van der Waals surface area contributed by atoms with Crippen molar-refractivity contribution in [3.8, 4) is 17.2 Å². The van der Waals surface area contributed by atoms with E-state index in [9.17, 15) is 9.59 Å². The lowest BCUT2D eigenvalue weighted by molar-refractivity contribution is -0.121. The van der Waals surface area contributed by atoms with Gasteiger partial charge in [0, 0.05) is 24.8 Å². The van der Waals surface area contributed by atoms with Gasteiger partial charge >= 0.3 is 0 Å². The highest BCUT2D eigenvalue weighted by Gasteiger charge is 2.43. The zero-order valence-corrected chi connectivity index (χ0v) is 24.2. The number of nitrogens with one attached hydrogen (secondary N) is 2. The number of amides is 2. The summed E-state index contributed by atoms with van der Waals surface area (Å²) in [5.74, 6) is 3.29. The summed E-state index contributed by atoms with van der Waals surface area (Å²) in [4.78, 5) is 28.4. The number of benzene rings is 3. The van der Waals surface area contributed by atoms with Crippen molar-refractivity contribution < 1.29 is 19.1 Å². The van der Waals surface area contributed by atoms with Crippen molar-refractivity contribution in [2.24, 2.45) is 13.0 Å². The van der Waals surface area contributed by atoms with E-state index in [1.165, 1.54) is 0 Å². The van der Waals surface area contributed by atoms with Gasteiger partial charge < -0.3 is 19.4 Å². The molecule has 0 radical (unpaired) electrons. The van der Waals surface area contributed by atoms with Gasteiger partial charge in [-0.05, 0) is 92.0 Å². The molecule has 0 bridgehead atoms. The van der Waals surface area contributed by atoms with Crippen molar-refractivity contribution in [3.05, 3.63) is 78.1 Å². The monoisotopic (exact) mass is 558 g/mol. The Morgan fingerprint density at radius 1 is 0.975 bits per heavy atom. The topological polar surface area (TPSA) is 94.5 Å². The summed E-state index contributed by atoms with van der Waals surface area (Å²) in [6, 6.07) is 21.8. The van der Waals surface area contributed by atoms with Crippen LogP contribution in [0, 0.1) is 5.92 Å². The SMILES string of the molecule is CC(C)C(C)Nc1ccc(Oc2ccc3nc(COc4ccc(C[C@]5(C)SC(=O)NC5=O)cc4)n(C)c3c2)cc1. The number of aryl methyl sites for hydroxylation is 1. The van der Waals surface area contributed by atoms with Crippen molar-refractivity contribution >= 4 is 39.6 Å². The fourth-order valence-electron chi connectivity index (χ4n) is 4.46. The highest BCUT2D eigenvalue weighted by Crippen LogP contribution is 2.35. The van der Waals surface area contributed by atoms with Gasteiger partial charge in [-0.1, -0.05) is 26.0 Å². The van der Waals surface area contributed by atoms with E-state index >= 15 is 0 Å². The van der Waals surface area contributed by atoms with Gasteiger partial charge in [-0.25, -0.2) is 4.98 Å². The van der Waals surface area contributed by atoms with E-state index in [2.05, 4.69) is 31.4 Å².